The minimum atomic E-state index is 0.231. The van der Waals surface area contributed by atoms with Gasteiger partial charge in [-0.25, -0.2) is 0 Å². The topological polar surface area (TPSA) is 39.1 Å². The van der Waals surface area contributed by atoms with Crippen molar-refractivity contribution < 1.29 is 4.74 Å². The van der Waals surface area contributed by atoms with Gasteiger partial charge in [-0.2, -0.15) is 5.10 Å². The Hall–Kier alpha value is -0.870. The van der Waals surface area contributed by atoms with Crippen LogP contribution in [-0.4, -0.2) is 29.0 Å². The Labute approximate surface area is 98.0 Å². The number of nitrogens with one attached hydrogen (secondary N) is 1. The third-order valence-corrected chi connectivity index (χ3v) is 2.45. The van der Waals surface area contributed by atoms with Crippen LogP contribution in [-0.2, 0) is 11.8 Å². The fourth-order valence-electron chi connectivity index (χ4n) is 1.58. The molecule has 1 atom stereocenters. The highest BCUT2D eigenvalue weighted by atomic mass is 16.5. The molecule has 1 aromatic heterocycles. The molecule has 4 nitrogen and oxygen atoms in total. The molecular weight excluding hydrogens is 202 g/mol. The molecule has 0 spiro atoms. The van der Waals surface area contributed by atoms with Gasteiger partial charge in [0.15, 0.2) is 0 Å². The lowest BCUT2D eigenvalue weighted by Gasteiger charge is -2.20. The standard InChI is InChI=1S/C12H23N3O/c1-5-7-13-11(9-16-10(2)3)12-6-8-14-15(12)4/h6,8,10-11,13H,5,7,9H2,1-4H3. The Bertz CT molecular complexity index is 296. The normalized spacial score (nSPS) is 13.3. The quantitative estimate of drug-likeness (QED) is 0.770. The molecule has 92 valence electrons. The molecule has 16 heavy (non-hydrogen) atoms. The van der Waals surface area contributed by atoms with Crippen LogP contribution in [0.15, 0.2) is 12.3 Å². The van der Waals surface area contributed by atoms with Crippen LogP contribution in [0.2, 0.25) is 0 Å². The maximum Gasteiger partial charge on any atom is 0.0729 e. The summed E-state index contributed by atoms with van der Waals surface area (Å²) in [6.07, 6.45) is 3.21. The molecule has 1 aromatic rings. The van der Waals surface area contributed by atoms with E-state index in [4.69, 9.17) is 4.74 Å². The summed E-state index contributed by atoms with van der Waals surface area (Å²) >= 11 is 0. The highest BCUT2D eigenvalue weighted by Crippen LogP contribution is 2.12. The summed E-state index contributed by atoms with van der Waals surface area (Å²) in [5, 5.41) is 7.68. The molecule has 1 rings (SSSR count). The van der Waals surface area contributed by atoms with Gasteiger partial charge in [-0.1, -0.05) is 6.92 Å². The third kappa shape index (κ3) is 3.94. The Kier molecular flexibility index (Phi) is 5.49. The van der Waals surface area contributed by atoms with Gasteiger partial charge in [-0.3, -0.25) is 4.68 Å². The predicted octanol–water partition coefficient (Wildman–Crippen LogP) is 1.89. The lowest BCUT2D eigenvalue weighted by molar-refractivity contribution is 0.0596. The monoisotopic (exact) mass is 225 g/mol. The molecule has 1 unspecified atom stereocenters. The van der Waals surface area contributed by atoms with Crippen LogP contribution >= 0.6 is 0 Å². The van der Waals surface area contributed by atoms with Crippen LogP contribution in [0.25, 0.3) is 0 Å². The Morgan fingerprint density at radius 2 is 2.25 bits per heavy atom. The second-order valence-electron chi connectivity index (χ2n) is 4.27. The average molecular weight is 225 g/mol. The third-order valence-electron chi connectivity index (χ3n) is 2.45. The molecule has 0 aliphatic heterocycles. The number of aromatic nitrogens is 2. The molecule has 1 N–H and O–H groups in total. The number of aryl methyl sites for hydroxylation is 1. The highest BCUT2D eigenvalue weighted by Gasteiger charge is 2.14. The van der Waals surface area contributed by atoms with Crippen molar-refractivity contribution in [3.63, 3.8) is 0 Å². The van der Waals surface area contributed by atoms with E-state index >= 15 is 0 Å². The number of hydrogen-bond donors (Lipinski definition) is 1. The summed E-state index contributed by atoms with van der Waals surface area (Å²) in [5.41, 5.74) is 1.18. The first-order chi connectivity index (χ1) is 7.65. The molecular formula is C12H23N3O. The van der Waals surface area contributed by atoms with E-state index in [9.17, 15) is 0 Å². The van der Waals surface area contributed by atoms with Gasteiger partial charge in [0.25, 0.3) is 0 Å². The fraction of sp³-hybridized carbons (Fsp3) is 0.750. The first-order valence-electron chi connectivity index (χ1n) is 5.98. The lowest BCUT2D eigenvalue weighted by Crippen LogP contribution is -2.29. The van der Waals surface area contributed by atoms with Crippen LogP contribution < -0.4 is 5.32 Å². The Morgan fingerprint density at radius 1 is 1.50 bits per heavy atom. The summed E-state index contributed by atoms with van der Waals surface area (Å²) in [5.74, 6) is 0. The van der Waals surface area contributed by atoms with Crippen LogP contribution in [0.5, 0.6) is 0 Å². The second-order valence-corrected chi connectivity index (χ2v) is 4.27. The molecule has 0 saturated carbocycles. The number of nitrogens with zero attached hydrogens (tertiary/aromatic N) is 2. The smallest absolute Gasteiger partial charge is 0.0729 e. The van der Waals surface area contributed by atoms with Crippen molar-refractivity contribution in [3.05, 3.63) is 18.0 Å². The van der Waals surface area contributed by atoms with Crippen molar-refractivity contribution in [2.45, 2.75) is 39.3 Å². The molecule has 0 aromatic carbocycles. The minimum absolute atomic E-state index is 0.231. The Balaban J connectivity index is 2.60. The van der Waals surface area contributed by atoms with Gasteiger partial charge >= 0.3 is 0 Å². The summed E-state index contributed by atoms with van der Waals surface area (Å²) in [4.78, 5) is 0. The summed E-state index contributed by atoms with van der Waals surface area (Å²) in [6, 6.07) is 2.27. The molecule has 0 aliphatic rings. The van der Waals surface area contributed by atoms with E-state index in [1.807, 2.05) is 24.0 Å². The maximum atomic E-state index is 5.68. The van der Waals surface area contributed by atoms with Crippen LogP contribution in [0, 0.1) is 0 Å². The van der Waals surface area contributed by atoms with Crippen LogP contribution in [0.1, 0.15) is 38.9 Å². The van der Waals surface area contributed by atoms with Crippen molar-refractivity contribution >= 4 is 0 Å². The van der Waals surface area contributed by atoms with Crippen LogP contribution in [0.3, 0.4) is 0 Å². The molecule has 1 heterocycles. The van der Waals surface area contributed by atoms with Gasteiger partial charge in [-0.15, -0.1) is 0 Å². The summed E-state index contributed by atoms with van der Waals surface area (Å²) in [6.45, 7) is 7.96. The van der Waals surface area contributed by atoms with Crippen molar-refractivity contribution in [1.29, 1.82) is 0 Å². The van der Waals surface area contributed by atoms with Crippen LogP contribution in [0.4, 0.5) is 0 Å². The SMILES string of the molecule is CCCNC(COC(C)C)c1ccnn1C. The lowest BCUT2D eigenvalue weighted by atomic mass is 10.2. The molecule has 0 radical (unpaired) electrons. The van der Waals surface area contributed by atoms with E-state index in [0.29, 0.717) is 6.61 Å². The van der Waals surface area contributed by atoms with E-state index in [1.165, 1.54) is 5.69 Å². The van der Waals surface area contributed by atoms with Gasteiger partial charge < -0.3 is 10.1 Å². The van der Waals surface area contributed by atoms with Crippen molar-refractivity contribution in [2.24, 2.45) is 7.05 Å². The van der Waals surface area contributed by atoms with Crippen molar-refractivity contribution in [3.8, 4) is 0 Å². The largest absolute Gasteiger partial charge is 0.377 e. The molecule has 0 saturated heterocycles. The molecule has 4 heteroatoms. The minimum Gasteiger partial charge on any atom is -0.377 e. The van der Waals surface area contributed by atoms with Gasteiger partial charge in [0.05, 0.1) is 24.4 Å². The summed E-state index contributed by atoms with van der Waals surface area (Å²) in [7, 11) is 1.96. The fourth-order valence-corrected chi connectivity index (χ4v) is 1.58. The van der Waals surface area contributed by atoms with Crippen molar-refractivity contribution in [1.82, 2.24) is 15.1 Å². The van der Waals surface area contributed by atoms with E-state index in [1.54, 1.807) is 0 Å². The van der Waals surface area contributed by atoms with Crippen molar-refractivity contribution in [2.75, 3.05) is 13.2 Å². The number of hydrogen-bond acceptors (Lipinski definition) is 3. The first-order valence-corrected chi connectivity index (χ1v) is 5.98. The first kappa shape index (κ1) is 13.2. The zero-order valence-corrected chi connectivity index (χ0v) is 10.7. The number of rotatable bonds is 7. The average Bonchev–Trinajstić information content (AvgIpc) is 2.65. The second kappa shape index (κ2) is 6.66. The highest BCUT2D eigenvalue weighted by molar-refractivity contribution is 5.06. The number of ether oxygens (including phenoxy) is 1. The van der Waals surface area contributed by atoms with E-state index in [2.05, 4.69) is 31.2 Å². The Morgan fingerprint density at radius 3 is 2.75 bits per heavy atom. The van der Waals surface area contributed by atoms with Gasteiger partial charge in [-0.05, 0) is 32.9 Å². The molecule has 0 aliphatic carbocycles. The van der Waals surface area contributed by atoms with E-state index in [-0.39, 0.29) is 12.1 Å². The van der Waals surface area contributed by atoms with Gasteiger partial charge in [0.2, 0.25) is 0 Å². The van der Waals surface area contributed by atoms with E-state index in [0.717, 1.165) is 13.0 Å². The molecule has 0 bridgehead atoms. The van der Waals surface area contributed by atoms with Gasteiger partial charge in [0, 0.05) is 13.2 Å². The van der Waals surface area contributed by atoms with Gasteiger partial charge in [0.1, 0.15) is 0 Å². The predicted molar refractivity (Wildman–Crippen MR) is 65.3 cm³/mol. The summed E-state index contributed by atoms with van der Waals surface area (Å²) < 4.78 is 7.58. The maximum absolute atomic E-state index is 5.68. The zero-order valence-electron chi connectivity index (χ0n) is 10.7. The van der Waals surface area contributed by atoms with E-state index < -0.39 is 0 Å². The zero-order chi connectivity index (χ0) is 12.0. The molecule has 0 fully saturated rings. The molecule has 0 amide bonds.